The van der Waals surface area contributed by atoms with E-state index in [2.05, 4.69) is 5.32 Å². The molecule has 0 bridgehead atoms. The van der Waals surface area contributed by atoms with E-state index in [-0.39, 0.29) is 24.2 Å². The number of nitrogens with two attached hydrogens (primary N) is 1. The maximum Gasteiger partial charge on any atom is 0.232 e. The number of anilines is 2. The van der Waals surface area contributed by atoms with Crippen LogP contribution in [0.25, 0.3) is 0 Å². The highest BCUT2D eigenvalue weighted by Gasteiger charge is 2.34. The van der Waals surface area contributed by atoms with Gasteiger partial charge in [0, 0.05) is 17.6 Å². The molecule has 0 saturated heterocycles. The number of hydrogen-bond acceptors (Lipinski definition) is 4. The van der Waals surface area contributed by atoms with Crippen molar-refractivity contribution in [2.75, 3.05) is 29.9 Å². The number of nitrogens with one attached hydrogen (secondary N) is 1. The van der Waals surface area contributed by atoms with E-state index >= 15 is 0 Å². The Bertz CT molecular complexity index is 673. The van der Waals surface area contributed by atoms with Crippen LogP contribution in [0.4, 0.5) is 11.4 Å². The van der Waals surface area contributed by atoms with Crippen LogP contribution in [0.15, 0.2) is 18.2 Å². The van der Waals surface area contributed by atoms with E-state index in [1.807, 2.05) is 40.7 Å². The van der Waals surface area contributed by atoms with Crippen LogP contribution >= 0.6 is 12.4 Å². The van der Waals surface area contributed by atoms with Gasteiger partial charge in [0.25, 0.3) is 0 Å². The zero-order chi connectivity index (χ0) is 19.5. The molecule has 0 unspecified atom stereocenters. The highest BCUT2D eigenvalue weighted by Crippen LogP contribution is 2.37. The molecule has 0 saturated carbocycles. The van der Waals surface area contributed by atoms with Crippen molar-refractivity contribution in [3.63, 3.8) is 0 Å². The van der Waals surface area contributed by atoms with Gasteiger partial charge in [-0.2, -0.15) is 0 Å². The lowest BCUT2D eigenvalue weighted by molar-refractivity contribution is -0.126. The molecule has 0 radical (unpaired) electrons. The molecule has 6 nitrogen and oxygen atoms in total. The van der Waals surface area contributed by atoms with Gasteiger partial charge in [-0.1, -0.05) is 34.6 Å². The first kappa shape index (κ1) is 23.2. The topological polar surface area (TPSA) is 84.7 Å². The minimum Gasteiger partial charge on any atom is -0.490 e. The third-order valence-corrected chi connectivity index (χ3v) is 5.19. The first-order valence-corrected chi connectivity index (χ1v) is 9.29. The fourth-order valence-electron chi connectivity index (χ4n) is 3.13. The first-order valence-electron chi connectivity index (χ1n) is 9.29. The Morgan fingerprint density at radius 3 is 2.37 bits per heavy atom. The summed E-state index contributed by atoms with van der Waals surface area (Å²) < 4.78 is 5.68. The molecular formula is C20H32ClN3O3. The van der Waals surface area contributed by atoms with Crippen LogP contribution in [0.5, 0.6) is 5.75 Å². The van der Waals surface area contributed by atoms with Crippen molar-refractivity contribution in [3.05, 3.63) is 18.2 Å². The number of fused-ring (bicyclic) bond motifs is 1. The van der Waals surface area contributed by atoms with E-state index in [1.165, 1.54) is 0 Å². The third-order valence-electron chi connectivity index (χ3n) is 5.19. The Morgan fingerprint density at radius 2 is 1.85 bits per heavy atom. The molecule has 1 heterocycles. The van der Waals surface area contributed by atoms with E-state index in [1.54, 1.807) is 17.0 Å². The highest BCUT2D eigenvalue weighted by molar-refractivity contribution is 6.00. The lowest BCUT2D eigenvalue weighted by Crippen LogP contribution is -2.44. The van der Waals surface area contributed by atoms with E-state index in [0.29, 0.717) is 49.7 Å². The van der Waals surface area contributed by atoms with Crippen molar-refractivity contribution in [2.24, 2.45) is 16.6 Å². The number of halogens is 1. The van der Waals surface area contributed by atoms with E-state index in [9.17, 15) is 9.59 Å². The number of amides is 2. The Kier molecular flexibility index (Phi) is 7.69. The van der Waals surface area contributed by atoms with Gasteiger partial charge in [0.1, 0.15) is 12.4 Å². The summed E-state index contributed by atoms with van der Waals surface area (Å²) in [7, 11) is 0. The van der Waals surface area contributed by atoms with Gasteiger partial charge in [-0.15, -0.1) is 12.4 Å². The number of rotatable bonds is 5. The predicted octanol–water partition coefficient (Wildman–Crippen LogP) is 3.58. The smallest absolute Gasteiger partial charge is 0.232 e. The number of ether oxygens (including phenoxy) is 1. The van der Waals surface area contributed by atoms with Gasteiger partial charge < -0.3 is 20.7 Å². The van der Waals surface area contributed by atoms with Gasteiger partial charge in [0.2, 0.25) is 11.8 Å². The summed E-state index contributed by atoms with van der Waals surface area (Å²) in [5.74, 6) is 0.599. The molecule has 7 heteroatoms. The van der Waals surface area contributed by atoms with Crippen LogP contribution < -0.4 is 20.7 Å². The van der Waals surface area contributed by atoms with Gasteiger partial charge in [-0.3, -0.25) is 9.59 Å². The fraction of sp³-hybridized carbons (Fsp3) is 0.600. The molecule has 2 rings (SSSR count). The van der Waals surface area contributed by atoms with Crippen LogP contribution in [-0.2, 0) is 9.59 Å². The number of carbonyl (C=O) groups excluding carboxylic acids is 2. The molecule has 0 fully saturated rings. The Labute approximate surface area is 168 Å². The summed E-state index contributed by atoms with van der Waals surface area (Å²) in [4.78, 5) is 27.3. The second-order valence-corrected chi connectivity index (χ2v) is 7.88. The van der Waals surface area contributed by atoms with Crippen molar-refractivity contribution in [1.82, 2.24) is 0 Å². The largest absolute Gasteiger partial charge is 0.490 e. The Balaban J connectivity index is 0.00000364. The van der Waals surface area contributed by atoms with Crippen LogP contribution in [0, 0.1) is 10.8 Å². The van der Waals surface area contributed by atoms with Crippen molar-refractivity contribution >= 4 is 35.6 Å². The monoisotopic (exact) mass is 397 g/mol. The van der Waals surface area contributed by atoms with Crippen LogP contribution in [0.1, 0.15) is 47.5 Å². The lowest BCUT2D eigenvalue weighted by atomic mass is 9.81. The summed E-state index contributed by atoms with van der Waals surface area (Å²) in [5.41, 5.74) is 6.14. The molecule has 1 aromatic carbocycles. The normalized spacial score (nSPS) is 13.9. The number of benzene rings is 1. The van der Waals surface area contributed by atoms with E-state index in [4.69, 9.17) is 10.5 Å². The minimum absolute atomic E-state index is 0. The fourth-order valence-corrected chi connectivity index (χ4v) is 3.13. The molecule has 0 aromatic heterocycles. The van der Waals surface area contributed by atoms with Crippen molar-refractivity contribution in [2.45, 2.75) is 47.5 Å². The van der Waals surface area contributed by atoms with Gasteiger partial charge in [0.05, 0.1) is 17.6 Å². The first-order chi connectivity index (χ1) is 12.2. The van der Waals surface area contributed by atoms with E-state index < -0.39 is 10.8 Å². The molecule has 2 amide bonds. The summed E-state index contributed by atoms with van der Waals surface area (Å²) >= 11 is 0. The maximum atomic E-state index is 12.8. The third kappa shape index (κ3) is 4.74. The molecule has 1 aromatic rings. The van der Waals surface area contributed by atoms with E-state index in [0.717, 1.165) is 0 Å². The Morgan fingerprint density at radius 1 is 1.22 bits per heavy atom. The average Bonchev–Trinajstić information content (AvgIpc) is 2.61. The number of hydrogen-bond donors (Lipinski definition) is 2. The molecule has 3 N–H and O–H groups in total. The second kappa shape index (κ2) is 8.93. The number of nitrogens with zero attached hydrogens (tertiary/aromatic N) is 1. The van der Waals surface area contributed by atoms with Crippen LogP contribution in [0.3, 0.4) is 0 Å². The SMILES string of the molecule is CCC(CC)(CN)C(=O)Nc1ccc2c(c1)N(C(=O)C(C)(C)C)CCO2.Cl. The molecule has 0 atom stereocenters. The quantitative estimate of drug-likeness (QED) is 0.795. The molecule has 0 spiro atoms. The maximum absolute atomic E-state index is 12.8. The Hall–Kier alpha value is -1.79. The summed E-state index contributed by atoms with van der Waals surface area (Å²) in [6.45, 7) is 10.9. The van der Waals surface area contributed by atoms with Crippen LogP contribution in [-0.4, -0.2) is 31.5 Å². The standard InChI is InChI=1S/C20H31N3O3.ClH/c1-6-20(7-2,13-21)17(24)22-14-8-9-16-15(12-14)23(10-11-26-16)18(25)19(3,4)5;/h8-9,12H,6-7,10-11,13,21H2,1-5H3,(H,22,24);1H. The second-order valence-electron chi connectivity index (χ2n) is 7.88. The van der Waals surface area contributed by atoms with Gasteiger partial charge >= 0.3 is 0 Å². The molecular weight excluding hydrogens is 366 g/mol. The molecule has 1 aliphatic rings. The summed E-state index contributed by atoms with van der Waals surface area (Å²) in [6.07, 6.45) is 1.35. The van der Waals surface area contributed by atoms with Crippen molar-refractivity contribution in [1.29, 1.82) is 0 Å². The predicted molar refractivity (Wildman–Crippen MR) is 112 cm³/mol. The minimum atomic E-state index is -0.576. The molecule has 27 heavy (non-hydrogen) atoms. The molecule has 152 valence electrons. The number of carbonyl (C=O) groups is 2. The zero-order valence-corrected chi connectivity index (χ0v) is 17.7. The van der Waals surface area contributed by atoms with Gasteiger partial charge in [-0.25, -0.2) is 0 Å². The van der Waals surface area contributed by atoms with Gasteiger partial charge in [-0.05, 0) is 31.0 Å². The van der Waals surface area contributed by atoms with Crippen molar-refractivity contribution in [3.8, 4) is 5.75 Å². The van der Waals surface area contributed by atoms with Crippen LogP contribution in [0.2, 0.25) is 0 Å². The highest BCUT2D eigenvalue weighted by atomic mass is 35.5. The van der Waals surface area contributed by atoms with Gasteiger partial charge in [0.15, 0.2) is 0 Å². The molecule has 1 aliphatic heterocycles. The lowest BCUT2D eigenvalue weighted by Gasteiger charge is -2.34. The average molecular weight is 398 g/mol. The van der Waals surface area contributed by atoms with Crippen molar-refractivity contribution < 1.29 is 14.3 Å². The zero-order valence-electron chi connectivity index (χ0n) is 16.9. The molecule has 0 aliphatic carbocycles. The summed E-state index contributed by atoms with van der Waals surface area (Å²) in [5, 5.41) is 2.97. The summed E-state index contributed by atoms with van der Waals surface area (Å²) in [6, 6.07) is 5.41.